The van der Waals surface area contributed by atoms with E-state index in [1.807, 2.05) is 60.7 Å². The van der Waals surface area contributed by atoms with Crippen LogP contribution in [0.1, 0.15) is 15.9 Å². The third kappa shape index (κ3) is 3.11. The van der Waals surface area contributed by atoms with Gasteiger partial charge in [0.05, 0.1) is 11.1 Å². The van der Waals surface area contributed by atoms with E-state index in [0.29, 0.717) is 11.5 Å². The number of benzene rings is 3. The topological polar surface area (TPSA) is 70.3 Å². The standard InChI is InChI=1S/C20H13NO3/c21-13-16-12-15(20(22)23)10-11-18(16)24-19-9-5-4-8-17(19)14-6-2-1-3-7-14/h1-12H,(H,22,23). The Morgan fingerprint density at radius 2 is 1.62 bits per heavy atom. The van der Waals surface area contributed by atoms with Gasteiger partial charge in [-0.2, -0.15) is 5.26 Å². The van der Waals surface area contributed by atoms with Crippen LogP contribution in [0.25, 0.3) is 11.1 Å². The molecule has 4 heteroatoms. The second-order valence-electron chi connectivity index (χ2n) is 5.09. The fraction of sp³-hybridized carbons (Fsp3) is 0. The lowest BCUT2D eigenvalue weighted by atomic mass is 10.0. The minimum Gasteiger partial charge on any atom is -0.478 e. The highest BCUT2D eigenvalue weighted by atomic mass is 16.5. The van der Waals surface area contributed by atoms with E-state index in [-0.39, 0.29) is 11.1 Å². The fourth-order valence-electron chi connectivity index (χ4n) is 2.37. The molecule has 1 N–H and O–H groups in total. The minimum atomic E-state index is -1.08. The number of ether oxygens (including phenoxy) is 1. The summed E-state index contributed by atoms with van der Waals surface area (Å²) in [7, 11) is 0. The first-order valence-corrected chi connectivity index (χ1v) is 7.29. The van der Waals surface area contributed by atoms with Crippen LogP contribution >= 0.6 is 0 Å². The quantitative estimate of drug-likeness (QED) is 0.756. The Morgan fingerprint density at radius 3 is 2.33 bits per heavy atom. The second-order valence-corrected chi connectivity index (χ2v) is 5.09. The summed E-state index contributed by atoms with van der Waals surface area (Å²) < 4.78 is 5.91. The summed E-state index contributed by atoms with van der Waals surface area (Å²) in [5.41, 5.74) is 2.12. The molecule has 4 nitrogen and oxygen atoms in total. The summed E-state index contributed by atoms with van der Waals surface area (Å²) in [6.07, 6.45) is 0. The zero-order valence-corrected chi connectivity index (χ0v) is 12.6. The highest BCUT2D eigenvalue weighted by molar-refractivity contribution is 5.88. The van der Waals surface area contributed by atoms with Crippen LogP contribution in [0.5, 0.6) is 11.5 Å². The van der Waals surface area contributed by atoms with Crippen molar-refractivity contribution in [2.45, 2.75) is 0 Å². The second kappa shape index (κ2) is 6.67. The molecular formula is C20H13NO3. The van der Waals surface area contributed by atoms with Crippen LogP contribution in [-0.2, 0) is 0 Å². The lowest BCUT2D eigenvalue weighted by Crippen LogP contribution is -1.98. The number of rotatable bonds is 4. The van der Waals surface area contributed by atoms with E-state index in [2.05, 4.69) is 0 Å². The molecule has 0 amide bonds. The first kappa shape index (κ1) is 15.3. The number of hydrogen-bond donors (Lipinski definition) is 1. The van der Waals surface area contributed by atoms with Crippen molar-refractivity contribution in [3.8, 4) is 28.7 Å². The summed E-state index contributed by atoms with van der Waals surface area (Å²) in [4.78, 5) is 11.0. The molecule has 24 heavy (non-hydrogen) atoms. The van der Waals surface area contributed by atoms with E-state index in [1.165, 1.54) is 18.2 Å². The van der Waals surface area contributed by atoms with Gasteiger partial charge in [0, 0.05) is 5.56 Å². The molecule has 3 rings (SSSR count). The minimum absolute atomic E-state index is 0.0512. The van der Waals surface area contributed by atoms with Crippen molar-refractivity contribution >= 4 is 5.97 Å². The van der Waals surface area contributed by atoms with Gasteiger partial charge < -0.3 is 9.84 Å². The van der Waals surface area contributed by atoms with Crippen molar-refractivity contribution in [3.05, 3.63) is 83.9 Å². The molecule has 0 atom stereocenters. The number of hydrogen-bond acceptors (Lipinski definition) is 3. The summed E-state index contributed by atoms with van der Waals surface area (Å²) >= 11 is 0. The van der Waals surface area contributed by atoms with Crippen molar-refractivity contribution in [1.82, 2.24) is 0 Å². The van der Waals surface area contributed by atoms with E-state index in [4.69, 9.17) is 9.84 Å². The normalized spacial score (nSPS) is 9.96. The lowest BCUT2D eigenvalue weighted by Gasteiger charge is -2.12. The molecule has 0 spiro atoms. The van der Waals surface area contributed by atoms with E-state index in [9.17, 15) is 10.1 Å². The third-order valence-electron chi connectivity index (χ3n) is 3.54. The number of nitrogens with zero attached hydrogens (tertiary/aromatic N) is 1. The Kier molecular flexibility index (Phi) is 4.26. The summed E-state index contributed by atoms with van der Waals surface area (Å²) in [6, 6.07) is 23.5. The van der Waals surface area contributed by atoms with Gasteiger partial charge in [-0.05, 0) is 29.8 Å². The van der Waals surface area contributed by atoms with Crippen LogP contribution in [-0.4, -0.2) is 11.1 Å². The molecule has 0 fully saturated rings. The zero-order chi connectivity index (χ0) is 16.9. The molecule has 0 aliphatic rings. The summed E-state index contributed by atoms with van der Waals surface area (Å²) in [5, 5.41) is 18.3. The molecule has 0 saturated heterocycles. The first-order chi connectivity index (χ1) is 11.7. The number of carboxylic acid groups (broad SMARTS) is 1. The van der Waals surface area contributed by atoms with Gasteiger partial charge in [-0.15, -0.1) is 0 Å². The average molecular weight is 315 g/mol. The van der Waals surface area contributed by atoms with Crippen LogP contribution in [0.2, 0.25) is 0 Å². The molecule has 0 bridgehead atoms. The van der Waals surface area contributed by atoms with Gasteiger partial charge in [-0.3, -0.25) is 0 Å². The third-order valence-corrected chi connectivity index (χ3v) is 3.54. The van der Waals surface area contributed by atoms with Crippen LogP contribution in [0.3, 0.4) is 0 Å². The Labute approximate surface area is 139 Å². The first-order valence-electron chi connectivity index (χ1n) is 7.29. The van der Waals surface area contributed by atoms with Crippen molar-refractivity contribution in [2.75, 3.05) is 0 Å². The van der Waals surface area contributed by atoms with Crippen LogP contribution in [0, 0.1) is 11.3 Å². The number of aromatic carboxylic acids is 1. The van der Waals surface area contributed by atoms with Gasteiger partial charge in [0.1, 0.15) is 17.6 Å². The predicted octanol–water partition coefficient (Wildman–Crippen LogP) is 4.72. The van der Waals surface area contributed by atoms with Gasteiger partial charge in [0.2, 0.25) is 0 Å². The lowest BCUT2D eigenvalue weighted by molar-refractivity contribution is 0.0697. The van der Waals surface area contributed by atoms with Crippen LogP contribution in [0.4, 0.5) is 0 Å². The molecule has 0 aliphatic heterocycles. The molecule has 0 unspecified atom stereocenters. The fourth-order valence-corrected chi connectivity index (χ4v) is 2.37. The van der Waals surface area contributed by atoms with Crippen molar-refractivity contribution in [3.63, 3.8) is 0 Å². The maximum absolute atomic E-state index is 11.0. The number of carboxylic acids is 1. The number of para-hydroxylation sites is 1. The maximum atomic E-state index is 11.0. The predicted molar refractivity (Wildman–Crippen MR) is 90.1 cm³/mol. The van der Waals surface area contributed by atoms with E-state index < -0.39 is 5.97 Å². The average Bonchev–Trinajstić information content (AvgIpc) is 2.63. The van der Waals surface area contributed by atoms with Crippen LogP contribution in [0.15, 0.2) is 72.8 Å². The molecule has 0 radical (unpaired) electrons. The van der Waals surface area contributed by atoms with E-state index in [1.54, 1.807) is 0 Å². The Morgan fingerprint density at radius 1 is 0.917 bits per heavy atom. The van der Waals surface area contributed by atoms with Crippen LogP contribution < -0.4 is 4.74 Å². The molecule has 0 aliphatic carbocycles. The molecule has 116 valence electrons. The monoisotopic (exact) mass is 315 g/mol. The van der Waals surface area contributed by atoms with Gasteiger partial charge in [0.25, 0.3) is 0 Å². The Bertz CT molecular complexity index is 927. The Hall–Kier alpha value is -3.58. The van der Waals surface area contributed by atoms with Gasteiger partial charge in [-0.25, -0.2) is 4.79 Å². The highest BCUT2D eigenvalue weighted by Gasteiger charge is 2.12. The van der Waals surface area contributed by atoms with Crippen molar-refractivity contribution < 1.29 is 14.6 Å². The molecule has 0 saturated carbocycles. The van der Waals surface area contributed by atoms with Gasteiger partial charge >= 0.3 is 5.97 Å². The molecule has 0 aromatic heterocycles. The molecule has 0 heterocycles. The summed E-state index contributed by atoms with van der Waals surface area (Å²) in [6.45, 7) is 0. The van der Waals surface area contributed by atoms with E-state index in [0.717, 1.165) is 11.1 Å². The van der Waals surface area contributed by atoms with Gasteiger partial charge in [0.15, 0.2) is 0 Å². The highest BCUT2D eigenvalue weighted by Crippen LogP contribution is 2.34. The SMILES string of the molecule is N#Cc1cc(C(=O)O)ccc1Oc1ccccc1-c1ccccc1. The number of carbonyl (C=O) groups is 1. The smallest absolute Gasteiger partial charge is 0.335 e. The maximum Gasteiger partial charge on any atom is 0.335 e. The summed E-state index contributed by atoms with van der Waals surface area (Å²) in [5.74, 6) is -0.156. The number of nitriles is 1. The van der Waals surface area contributed by atoms with Crippen molar-refractivity contribution in [2.24, 2.45) is 0 Å². The van der Waals surface area contributed by atoms with Crippen molar-refractivity contribution in [1.29, 1.82) is 5.26 Å². The van der Waals surface area contributed by atoms with Gasteiger partial charge in [-0.1, -0.05) is 48.5 Å². The zero-order valence-electron chi connectivity index (χ0n) is 12.6. The Balaban J connectivity index is 2.01. The molecular weight excluding hydrogens is 302 g/mol. The largest absolute Gasteiger partial charge is 0.478 e. The molecule has 3 aromatic carbocycles. The molecule has 3 aromatic rings. The van der Waals surface area contributed by atoms with E-state index >= 15 is 0 Å².